The van der Waals surface area contributed by atoms with Gasteiger partial charge in [-0.3, -0.25) is 4.79 Å². The van der Waals surface area contributed by atoms with Crippen molar-refractivity contribution in [1.82, 2.24) is 5.32 Å². The Balaban J connectivity index is 3.51. The Kier molecular flexibility index (Phi) is 51.3. The van der Waals surface area contributed by atoms with E-state index < -0.39 is 12.1 Å². The van der Waals surface area contributed by atoms with Crippen molar-refractivity contribution >= 4 is 5.91 Å². The van der Waals surface area contributed by atoms with Crippen LogP contribution in [-0.2, 0) is 4.79 Å². The van der Waals surface area contributed by atoms with Crippen LogP contribution in [0.4, 0.5) is 0 Å². The highest BCUT2D eigenvalue weighted by molar-refractivity contribution is 5.76. The molecule has 0 rings (SSSR count). The number of allylic oxidation sites excluding steroid dienone is 11. The summed E-state index contributed by atoms with van der Waals surface area (Å²) in [5.74, 6) is -0.0724. The number of nitrogens with one attached hydrogen (secondary N) is 1. The van der Waals surface area contributed by atoms with Crippen molar-refractivity contribution in [2.45, 2.75) is 283 Å². The third-order valence-electron chi connectivity index (χ3n) is 12.2. The molecular formula is C58H105NO3. The standard InChI is InChI=1S/C58H105NO3/c1-3-5-7-9-11-13-15-17-19-21-23-24-25-26-27-28-29-30-31-32-33-34-36-38-40-42-44-46-48-50-52-54-58(62)59-56(55-60)57(61)53-51-49-47-45-43-41-39-37-35-22-20-18-16-14-12-10-8-6-4-2/h5,7,11,13,17,19,23-24,43,45,51,53,56-57,60-61H,3-4,6,8-10,12,14-16,18,20-22,25-42,44,46-50,52,54-55H2,1-2H3,(H,59,62)/b7-5-,13-11-,19-17-,24-23-,45-43+,53-51+. The zero-order valence-corrected chi connectivity index (χ0v) is 41.4. The number of unbranched alkanes of at least 4 members (excludes halogenated alkanes) is 32. The maximum absolute atomic E-state index is 12.5. The Morgan fingerprint density at radius 2 is 0.726 bits per heavy atom. The average Bonchev–Trinajstić information content (AvgIpc) is 3.28. The van der Waals surface area contributed by atoms with Crippen LogP contribution in [0, 0.1) is 0 Å². The van der Waals surface area contributed by atoms with Gasteiger partial charge in [-0.25, -0.2) is 0 Å². The highest BCUT2D eigenvalue weighted by Crippen LogP contribution is 2.16. The molecule has 0 radical (unpaired) electrons. The van der Waals surface area contributed by atoms with Crippen molar-refractivity contribution < 1.29 is 15.0 Å². The van der Waals surface area contributed by atoms with E-state index in [9.17, 15) is 15.0 Å². The van der Waals surface area contributed by atoms with Crippen LogP contribution in [0.5, 0.6) is 0 Å². The molecule has 360 valence electrons. The minimum atomic E-state index is -0.864. The van der Waals surface area contributed by atoms with E-state index in [4.69, 9.17) is 0 Å². The van der Waals surface area contributed by atoms with Crippen LogP contribution in [0.2, 0.25) is 0 Å². The van der Waals surface area contributed by atoms with Crippen LogP contribution in [-0.4, -0.2) is 34.9 Å². The second-order valence-electron chi connectivity index (χ2n) is 18.3. The summed E-state index contributed by atoms with van der Waals surface area (Å²) < 4.78 is 0. The van der Waals surface area contributed by atoms with Crippen LogP contribution < -0.4 is 5.32 Å². The Bertz CT molecular complexity index is 1070. The summed E-state index contributed by atoms with van der Waals surface area (Å²) in [4.78, 5) is 12.5. The Morgan fingerprint density at radius 1 is 0.403 bits per heavy atom. The molecule has 2 atom stereocenters. The van der Waals surface area contributed by atoms with Crippen molar-refractivity contribution in [2.75, 3.05) is 6.61 Å². The van der Waals surface area contributed by atoms with Gasteiger partial charge in [0, 0.05) is 6.42 Å². The summed E-state index contributed by atoms with van der Waals surface area (Å²) in [6.07, 6.45) is 76.3. The lowest BCUT2D eigenvalue weighted by Crippen LogP contribution is -2.45. The molecule has 0 aromatic carbocycles. The third-order valence-corrected chi connectivity index (χ3v) is 12.2. The molecule has 0 saturated carbocycles. The number of aliphatic hydroxyl groups is 2. The Hall–Kier alpha value is -2.17. The van der Waals surface area contributed by atoms with Gasteiger partial charge in [0.25, 0.3) is 0 Å². The van der Waals surface area contributed by atoms with Gasteiger partial charge in [-0.1, -0.05) is 267 Å². The van der Waals surface area contributed by atoms with E-state index in [1.165, 1.54) is 193 Å². The van der Waals surface area contributed by atoms with Gasteiger partial charge in [-0.2, -0.15) is 0 Å². The highest BCUT2D eigenvalue weighted by Gasteiger charge is 2.17. The van der Waals surface area contributed by atoms with Gasteiger partial charge in [-0.15, -0.1) is 0 Å². The lowest BCUT2D eigenvalue weighted by molar-refractivity contribution is -0.123. The van der Waals surface area contributed by atoms with Crippen molar-refractivity contribution in [3.63, 3.8) is 0 Å². The summed E-state index contributed by atoms with van der Waals surface area (Å²) in [6.45, 7) is 4.20. The molecule has 0 aromatic rings. The molecule has 1 amide bonds. The normalized spacial score (nSPS) is 13.4. The van der Waals surface area contributed by atoms with E-state index in [-0.39, 0.29) is 12.5 Å². The largest absolute Gasteiger partial charge is 0.394 e. The molecule has 0 aliphatic carbocycles. The van der Waals surface area contributed by atoms with Crippen molar-refractivity contribution in [2.24, 2.45) is 0 Å². The molecule has 0 spiro atoms. The number of aliphatic hydroxyl groups excluding tert-OH is 2. The number of carbonyl (C=O) groups excluding carboxylic acids is 1. The molecular weight excluding hydrogens is 759 g/mol. The molecule has 2 unspecified atom stereocenters. The van der Waals surface area contributed by atoms with Crippen LogP contribution in [0.15, 0.2) is 72.9 Å². The topological polar surface area (TPSA) is 69.6 Å². The second kappa shape index (κ2) is 53.2. The first-order chi connectivity index (χ1) is 30.7. The SMILES string of the molecule is CC/C=C\C/C=C\C/C=C\C/C=C\CCCCCCCCCCCCCCCCCCCCC(=O)NC(CO)C(O)/C=C/CC/C=C/CCCCCCCCCCCCCCC. The fourth-order valence-electron chi connectivity index (χ4n) is 8.07. The molecule has 4 heteroatoms. The molecule has 0 aliphatic heterocycles. The van der Waals surface area contributed by atoms with Gasteiger partial charge in [0.1, 0.15) is 0 Å². The summed E-state index contributed by atoms with van der Waals surface area (Å²) in [7, 11) is 0. The molecule has 3 N–H and O–H groups in total. The van der Waals surface area contributed by atoms with E-state index in [1.54, 1.807) is 6.08 Å². The Morgan fingerprint density at radius 3 is 1.13 bits per heavy atom. The summed E-state index contributed by atoms with van der Waals surface area (Å²) in [5.41, 5.74) is 0. The first-order valence-electron chi connectivity index (χ1n) is 27.2. The zero-order chi connectivity index (χ0) is 44.9. The molecule has 0 bridgehead atoms. The van der Waals surface area contributed by atoms with E-state index >= 15 is 0 Å². The number of amides is 1. The Labute approximate surface area is 387 Å². The van der Waals surface area contributed by atoms with Gasteiger partial charge in [0.15, 0.2) is 0 Å². The maximum Gasteiger partial charge on any atom is 0.220 e. The fourth-order valence-corrected chi connectivity index (χ4v) is 8.07. The number of hydrogen-bond donors (Lipinski definition) is 3. The second-order valence-corrected chi connectivity index (χ2v) is 18.3. The quantitative estimate of drug-likeness (QED) is 0.0421. The van der Waals surface area contributed by atoms with Crippen LogP contribution in [0.25, 0.3) is 0 Å². The van der Waals surface area contributed by atoms with Crippen molar-refractivity contribution in [3.8, 4) is 0 Å². The first-order valence-corrected chi connectivity index (χ1v) is 27.2. The van der Waals surface area contributed by atoms with E-state index in [0.29, 0.717) is 6.42 Å². The van der Waals surface area contributed by atoms with Gasteiger partial charge < -0.3 is 15.5 Å². The van der Waals surface area contributed by atoms with Crippen molar-refractivity contribution in [1.29, 1.82) is 0 Å². The van der Waals surface area contributed by atoms with Crippen molar-refractivity contribution in [3.05, 3.63) is 72.9 Å². The third kappa shape index (κ3) is 48.9. The minimum absolute atomic E-state index is 0.0724. The summed E-state index contributed by atoms with van der Waals surface area (Å²) >= 11 is 0. The monoisotopic (exact) mass is 864 g/mol. The number of rotatable bonds is 49. The molecule has 0 aliphatic rings. The van der Waals surface area contributed by atoms with Crippen LogP contribution >= 0.6 is 0 Å². The van der Waals surface area contributed by atoms with E-state index in [1.807, 2.05) is 6.08 Å². The van der Waals surface area contributed by atoms with Gasteiger partial charge >= 0.3 is 0 Å². The predicted molar refractivity (Wildman–Crippen MR) is 276 cm³/mol. The fraction of sp³-hybridized carbons (Fsp3) is 0.776. The highest BCUT2D eigenvalue weighted by atomic mass is 16.3. The van der Waals surface area contributed by atoms with E-state index in [2.05, 4.69) is 79.9 Å². The molecule has 0 heterocycles. The molecule has 62 heavy (non-hydrogen) atoms. The smallest absolute Gasteiger partial charge is 0.220 e. The van der Waals surface area contributed by atoms with Gasteiger partial charge in [-0.05, 0) is 70.6 Å². The predicted octanol–water partition coefficient (Wildman–Crippen LogP) is 17.8. The molecule has 0 aromatic heterocycles. The maximum atomic E-state index is 12.5. The van der Waals surface area contributed by atoms with Gasteiger partial charge in [0.05, 0.1) is 18.8 Å². The average molecular weight is 864 g/mol. The first kappa shape index (κ1) is 59.8. The summed E-state index contributed by atoms with van der Waals surface area (Å²) in [6, 6.07) is -0.641. The van der Waals surface area contributed by atoms with Crippen LogP contribution in [0.3, 0.4) is 0 Å². The minimum Gasteiger partial charge on any atom is -0.394 e. The lowest BCUT2D eigenvalue weighted by Gasteiger charge is -2.19. The van der Waals surface area contributed by atoms with E-state index in [0.717, 1.165) is 57.8 Å². The van der Waals surface area contributed by atoms with Gasteiger partial charge in [0.2, 0.25) is 5.91 Å². The lowest BCUT2D eigenvalue weighted by atomic mass is 10.0. The zero-order valence-electron chi connectivity index (χ0n) is 41.4. The number of carbonyl (C=O) groups is 1. The molecule has 4 nitrogen and oxygen atoms in total. The van der Waals surface area contributed by atoms with Crippen LogP contribution in [0.1, 0.15) is 271 Å². The number of hydrogen-bond acceptors (Lipinski definition) is 3. The summed E-state index contributed by atoms with van der Waals surface area (Å²) in [5, 5.41) is 23.1. The molecule has 0 saturated heterocycles. The molecule has 0 fully saturated rings.